The molecule has 0 saturated heterocycles. The van der Waals surface area contributed by atoms with Crippen molar-refractivity contribution >= 4 is 29.3 Å². The summed E-state index contributed by atoms with van der Waals surface area (Å²) in [4.78, 5) is 24.9. The van der Waals surface area contributed by atoms with Gasteiger partial charge in [-0.1, -0.05) is 17.7 Å². The minimum absolute atomic E-state index is 0.0545. The maximum Gasteiger partial charge on any atom is 0.243 e. The number of hydrogen-bond donors (Lipinski definition) is 2. The fraction of sp³-hybridized carbons (Fsp3) is 0.353. The summed E-state index contributed by atoms with van der Waals surface area (Å²) in [6.07, 6.45) is 0. The van der Waals surface area contributed by atoms with Crippen molar-refractivity contribution < 1.29 is 9.59 Å². The summed E-state index contributed by atoms with van der Waals surface area (Å²) in [7, 11) is 1.82. The number of aromatic nitrogens is 2. The number of carbonyl (C=O) groups excluding carboxylic acids is 2. The van der Waals surface area contributed by atoms with Crippen molar-refractivity contribution in [3.05, 3.63) is 41.2 Å². The normalized spacial score (nSPS) is 10.5. The molecule has 2 aromatic rings. The van der Waals surface area contributed by atoms with Crippen molar-refractivity contribution in [2.75, 3.05) is 17.6 Å². The maximum absolute atomic E-state index is 12.0. The van der Waals surface area contributed by atoms with Gasteiger partial charge < -0.3 is 10.6 Å². The third-order valence-corrected chi connectivity index (χ3v) is 4.62. The number of aryl methyl sites for hydroxylation is 3. The van der Waals surface area contributed by atoms with Crippen LogP contribution in [0.5, 0.6) is 0 Å². The smallest absolute Gasteiger partial charge is 0.243 e. The van der Waals surface area contributed by atoms with Crippen LogP contribution in [0, 0.1) is 20.8 Å². The van der Waals surface area contributed by atoms with Crippen LogP contribution in [-0.2, 0) is 16.6 Å². The van der Waals surface area contributed by atoms with Gasteiger partial charge in [-0.3, -0.25) is 14.3 Å². The third kappa shape index (κ3) is 4.86. The Bertz CT molecular complexity index is 738. The van der Waals surface area contributed by atoms with Crippen molar-refractivity contribution in [1.82, 2.24) is 15.1 Å². The van der Waals surface area contributed by atoms with Crippen molar-refractivity contribution in [3.8, 4) is 0 Å². The first-order valence-electron chi connectivity index (χ1n) is 7.63. The summed E-state index contributed by atoms with van der Waals surface area (Å²) in [5.74, 6) is -0.153. The molecule has 0 radical (unpaired) electrons. The molecule has 1 aromatic carbocycles. The number of anilines is 1. The van der Waals surface area contributed by atoms with Crippen LogP contribution < -0.4 is 10.6 Å². The van der Waals surface area contributed by atoms with Gasteiger partial charge in [-0.25, -0.2) is 0 Å². The van der Waals surface area contributed by atoms with Crippen molar-refractivity contribution in [2.45, 2.75) is 25.7 Å². The number of thioether (sulfide) groups is 1. The van der Waals surface area contributed by atoms with Gasteiger partial charge in [-0.05, 0) is 32.9 Å². The van der Waals surface area contributed by atoms with Crippen LogP contribution >= 0.6 is 11.8 Å². The summed E-state index contributed by atoms with van der Waals surface area (Å²) in [5.41, 5.74) is 3.51. The van der Waals surface area contributed by atoms with Gasteiger partial charge in [-0.2, -0.15) is 5.10 Å². The van der Waals surface area contributed by atoms with E-state index in [9.17, 15) is 9.59 Å². The zero-order chi connectivity index (χ0) is 17.7. The summed E-state index contributed by atoms with van der Waals surface area (Å²) in [5, 5.41) is 9.66. The van der Waals surface area contributed by atoms with E-state index in [4.69, 9.17) is 0 Å². The van der Waals surface area contributed by atoms with E-state index in [1.165, 1.54) is 17.3 Å². The number of nitrogens with zero attached hydrogens (tertiary/aromatic N) is 2. The lowest BCUT2D eigenvalue weighted by atomic mass is 10.2. The van der Waals surface area contributed by atoms with E-state index in [2.05, 4.69) is 15.7 Å². The van der Waals surface area contributed by atoms with Gasteiger partial charge in [0.2, 0.25) is 11.8 Å². The van der Waals surface area contributed by atoms with E-state index >= 15 is 0 Å². The Balaban J connectivity index is 1.76. The van der Waals surface area contributed by atoms with E-state index in [0.717, 1.165) is 16.3 Å². The lowest BCUT2D eigenvalue weighted by molar-refractivity contribution is -0.122. The molecule has 128 valence electrons. The molecule has 0 saturated carbocycles. The average Bonchev–Trinajstić information content (AvgIpc) is 2.78. The second-order valence-corrected chi connectivity index (χ2v) is 6.64. The van der Waals surface area contributed by atoms with E-state index in [1.54, 1.807) is 4.68 Å². The Morgan fingerprint density at radius 1 is 1.12 bits per heavy atom. The van der Waals surface area contributed by atoms with E-state index in [0.29, 0.717) is 5.69 Å². The second kappa shape index (κ2) is 8.01. The van der Waals surface area contributed by atoms with Crippen molar-refractivity contribution in [1.29, 1.82) is 0 Å². The number of hydrogen-bond acceptors (Lipinski definition) is 4. The molecule has 0 spiro atoms. The quantitative estimate of drug-likeness (QED) is 0.786. The predicted molar refractivity (Wildman–Crippen MR) is 96.2 cm³/mol. The highest BCUT2D eigenvalue weighted by Gasteiger charge is 2.13. The fourth-order valence-electron chi connectivity index (χ4n) is 2.15. The molecule has 0 aliphatic rings. The van der Waals surface area contributed by atoms with Crippen LogP contribution in [-0.4, -0.2) is 33.9 Å². The molecule has 2 rings (SSSR count). The van der Waals surface area contributed by atoms with Gasteiger partial charge in [0.15, 0.2) is 0 Å². The average molecular weight is 346 g/mol. The summed E-state index contributed by atoms with van der Waals surface area (Å²) in [6, 6.07) is 7.97. The molecule has 1 aromatic heterocycles. The number of nitrogens with one attached hydrogen (secondary N) is 2. The van der Waals surface area contributed by atoms with Gasteiger partial charge in [-0.15, -0.1) is 11.8 Å². The highest BCUT2D eigenvalue weighted by molar-refractivity contribution is 8.00. The zero-order valence-electron chi connectivity index (χ0n) is 14.3. The third-order valence-electron chi connectivity index (χ3n) is 3.61. The van der Waals surface area contributed by atoms with E-state index in [-0.39, 0.29) is 24.1 Å². The van der Waals surface area contributed by atoms with Crippen LogP contribution in [0.1, 0.15) is 17.0 Å². The molecule has 0 aliphatic heterocycles. The second-order valence-electron chi connectivity index (χ2n) is 5.60. The van der Waals surface area contributed by atoms with Gasteiger partial charge >= 0.3 is 0 Å². The SMILES string of the molecule is Cc1ccc(SCC(=O)NCC(=O)Nc2c(C)nn(C)c2C)cc1. The number of amides is 2. The Morgan fingerprint density at radius 2 is 1.79 bits per heavy atom. The van der Waals surface area contributed by atoms with Gasteiger partial charge in [0, 0.05) is 11.9 Å². The molecule has 0 atom stereocenters. The molecule has 2 amide bonds. The van der Waals surface area contributed by atoms with Crippen molar-refractivity contribution in [3.63, 3.8) is 0 Å². The lowest BCUT2D eigenvalue weighted by Gasteiger charge is -2.07. The Morgan fingerprint density at radius 3 is 2.38 bits per heavy atom. The molecular weight excluding hydrogens is 324 g/mol. The number of benzene rings is 1. The molecule has 0 aliphatic carbocycles. The standard InChI is InChI=1S/C17H22N4O2S/c1-11-5-7-14(8-6-11)24-10-16(23)18-9-15(22)19-17-12(2)20-21(4)13(17)3/h5-8H,9-10H2,1-4H3,(H,18,23)(H,19,22). The molecule has 6 nitrogen and oxygen atoms in total. The predicted octanol–water partition coefficient (Wildman–Crippen LogP) is 2.19. The fourth-order valence-corrected chi connectivity index (χ4v) is 2.88. The monoisotopic (exact) mass is 346 g/mol. The van der Waals surface area contributed by atoms with E-state index in [1.807, 2.05) is 52.1 Å². The van der Waals surface area contributed by atoms with Crippen LogP contribution in [0.25, 0.3) is 0 Å². The molecule has 0 bridgehead atoms. The maximum atomic E-state index is 12.0. The molecule has 24 heavy (non-hydrogen) atoms. The Hall–Kier alpha value is -2.28. The molecule has 2 N–H and O–H groups in total. The van der Waals surface area contributed by atoms with Gasteiger partial charge in [0.05, 0.1) is 29.4 Å². The first kappa shape index (κ1) is 18.1. The minimum atomic E-state index is -0.261. The molecule has 0 fully saturated rings. The van der Waals surface area contributed by atoms with Crippen molar-refractivity contribution in [2.24, 2.45) is 7.05 Å². The van der Waals surface area contributed by atoms with E-state index < -0.39 is 0 Å². The van der Waals surface area contributed by atoms with Gasteiger partial charge in [0.1, 0.15) is 0 Å². The summed E-state index contributed by atoms with van der Waals surface area (Å²) >= 11 is 1.44. The lowest BCUT2D eigenvalue weighted by Crippen LogP contribution is -2.34. The molecule has 1 heterocycles. The molecule has 7 heteroatoms. The largest absolute Gasteiger partial charge is 0.346 e. The highest BCUT2D eigenvalue weighted by atomic mass is 32.2. The summed E-state index contributed by atoms with van der Waals surface area (Å²) < 4.78 is 1.71. The minimum Gasteiger partial charge on any atom is -0.346 e. The zero-order valence-corrected chi connectivity index (χ0v) is 15.2. The molecular formula is C17H22N4O2S. The number of rotatable bonds is 6. The van der Waals surface area contributed by atoms with Crippen LogP contribution in [0.4, 0.5) is 5.69 Å². The number of carbonyl (C=O) groups is 2. The highest BCUT2D eigenvalue weighted by Crippen LogP contribution is 2.18. The van der Waals surface area contributed by atoms with Gasteiger partial charge in [0.25, 0.3) is 0 Å². The Kier molecular flexibility index (Phi) is 6.03. The summed E-state index contributed by atoms with van der Waals surface area (Å²) in [6.45, 7) is 5.68. The molecule has 0 unspecified atom stereocenters. The first-order valence-corrected chi connectivity index (χ1v) is 8.61. The van der Waals surface area contributed by atoms with Crippen LogP contribution in [0.3, 0.4) is 0 Å². The van der Waals surface area contributed by atoms with Crippen LogP contribution in [0.15, 0.2) is 29.2 Å². The first-order chi connectivity index (χ1) is 11.4. The Labute approximate surface area is 146 Å². The topological polar surface area (TPSA) is 76.0 Å². The van der Waals surface area contributed by atoms with Crippen LogP contribution in [0.2, 0.25) is 0 Å².